The van der Waals surface area contributed by atoms with Crippen LogP contribution in [0.25, 0.3) is 5.69 Å². The number of hydrogen-bond donors (Lipinski definition) is 2. The van der Waals surface area contributed by atoms with Crippen LogP contribution in [0.5, 0.6) is 0 Å². The lowest BCUT2D eigenvalue weighted by Crippen LogP contribution is -2.33. The van der Waals surface area contributed by atoms with Gasteiger partial charge in [-0.15, -0.1) is 0 Å². The molecule has 1 saturated heterocycles. The Hall–Kier alpha value is -3.68. The molecular formula is C31H32ClN5OS. The summed E-state index contributed by atoms with van der Waals surface area (Å²) in [7, 11) is 0. The Labute approximate surface area is 240 Å². The van der Waals surface area contributed by atoms with Crippen molar-refractivity contribution in [1.29, 1.82) is 0 Å². The molecule has 2 aromatic carbocycles. The maximum Gasteiger partial charge on any atom is 0.226 e. The predicted octanol–water partition coefficient (Wildman–Crippen LogP) is 6.71. The minimum atomic E-state index is -0.157. The number of carbonyl (C=O) groups excluding carboxylic acids is 1. The largest absolute Gasteiger partial charge is 0.352 e. The highest BCUT2D eigenvalue weighted by molar-refractivity contribution is 7.80. The fourth-order valence-corrected chi connectivity index (χ4v) is 5.99. The molecular weight excluding hydrogens is 526 g/mol. The zero-order chi connectivity index (χ0) is 27.5. The highest BCUT2D eigenvalue weighted by Gasteiger charge is 2.41. The third-order valence-corrected chi connectivity index (χ3v) is 7.89. The van der Waals surface area contributed by atoms with E-state index in [1.54, 1.807) is 6.20 Å². The van der Waals surface area contributed by atoms with Crippen LogP contribution < -0.4 is 10.6 Å². The average Bonchev–Trinajstić information content (AvgIpc) is 3.42. The summed E-state index contributed by atoms with van der Waals surface area (Å²) in [5.41, 5.74) is 7.21. The van der Waals surface area contributed by atoms with Crippen LogP contribution in [-0.2, 0) is 11.2 Å². The number of pyridine rings is 1. The van der Waals surface area contributed by atoms with Gasteiger partial charge >= 0.3 is 0 Å². The van der Waals surface area contributed by atoms with E-state index in [-0.39, 0.29) is 18.0 Å². The number of para-hydroxylation sites is 1. The number of hydrogen-bond acceptors (Lipinski definition) is 3. The lowest BCUT2D eigenvalue weighted by molar-refractivity contribution is -0.116. The summed E-state index contributed by atoms with van der Waals surface area (Å²) in [6.07, 6.45) is 2.96. The number of carbonyl (C=O) groups is 1. The second-order valence-electron chi connectivity index (χ2n) is 9.77. The van der Waals surface area contributed by atoms with Crippen LogP contribution in [0.2, 0.25) is 5.02 Å². The number of nitrogens with one attached hydrogen (secondary N) is 2. The first-order valence-corrected chi connectivity index (χ1v) is 14.0. The van der Waals surface area contributed by atoms with E-state index < -0.39 is 0 Å². The molecule has 8 heteroatoms. The molecule has 0 aliphatic carbocycles. The van der Waals surface area contributed by atoms with E-state index in [1.165, 1.54) is 0 Å². The summed E-state index contributed by atoms with van der Waals surface area (Å²) < 4.78 is 2.21. The summed E-state index contributed by atoms with van der Waals surface area (Å²) in [5, 5.41) is 7.89. The molecule has 0 spiro atoms. The molecule has 2 N–H and O–H groups in total. The van der Waals surface area contributed by atoms with Crippen molar-refractivity contribution >= 4 is 40.5 Å². The van der Waals surface area contributed by atoms with E-state index >= 15 is 0 Å². The minimum Gasteiger partial charge on any atom is -0.352 e. The molecule has 1 aliphatic rings. The summed E-state index contributed by atoms with van der Waals surface area (Å²) >= 11 is 12.2. The standard InChI is InChI=1S/C31H32ClN5OS/c1-4-22-10-5-6-13-26(22)34-28(38)15-17-36-30(29(35-31(36)39)27-14-7-8-16-33-27)25-18-20(2)37(21(25)3)24-12-9-11-23(32)19-24/h5-14,16,18-19,29-30H,4,15,17H2,1-3H3,(H,34,38)(H,35,39)/t29-,30+/m0/s1. The maximum atomic E-state index is 13.1. The highest BCUT2D eigenvalue weighted by atomic mass is 35.5. The fraction of sp³-hybridized carbons (Fsp3) is 0.258. The molecule has 0 radical (unpaired) electrons. The van der Waals surface area contributed by atoms with Crippen molar-refractivity contribution in [3.05, 3.63) is 112 Å². The van der Waals surface area contributed by atoms with E-state index in [0.717, 1.165) is 46.0 Å². The van der Waals surface area contributed by atoms with Gasteiger partial charge in [0.1, 0.15) is 0 Å². The summed E-state index contributed by atoms with van der Waals surface area (Å²) in [6.45, 7) is 6.77. The summed E-state index contributed by atoms with van der Waals surface area (Å²) in [6, 6.07) is 23.6. The van der Waals surface area contributed by atoms with Crippen molar-refractivity contribution in [2.45, 2.75) is 45.7 Å². The van der Waals surface area contributed by atoms with Crippen molar-refractivity contribution < 1.29 is 4.79 Å². The zero-order valence-corrected chi connectivity index (χ0v) is 23.9. The molecule has 1 fully saturated rings. The van der Waals surface area contributed by atoms with Crippen LogP contribution in [0, 0.1) is 13.8 Å². The lowest BCUT2D eigenvalue weighted by atomic mass is 9.96. The smallest absolute Gasteiger partial charge is 0.226 e. The van der Waals surface area contributed by atoms with Crippen molar-refractivity contribution in [3.8, 4) is 5.69 Å². The molecule has 3 heterocycles. The number of halogens is 1. The van der Waals surface area contributed by atoms with Gasteiger partial charge in [-0.3, -0.25) is 9.78 Å². The van der Waals surface area contributed by atoms with Gasteiger partial charge < -0.3 is 20.1 Å². The number of anilines is 1. The molecule has 1 amide bonds. The van der Waals surface area contributed by atoms with Crippen LogP contribution in [0.1, 0.15) is 53.6 Å². The van der Waals surface area contributed by atoms with Gasteiger partial charge in [-0.2, -0.15) is 0 Å². The van der Waals surface area contributed by atoms with Crippen LogP contribution in [0.4, 0.5) is 5.69 Å². The maximum absolute atomic E-state index is 13.1. The second kappa shape index (κ2) is 11.6. The van der Waals surface area contributed by atoms with Crippen LogP contribution in [0.15, 0.2) is 79.0 Å². The molecule has 2 aromatic heterocycles. The van der Waals surface area contributed by atoms with Crippen LogP contribution in [-0.4, -0.2) is 32.0 Å². The molecule has 4 aromatic rings. The monoisotopic (exact) mass is 557 g/mol. The molecule has 0 saturated carbocycles. The van der Waals surface area contributed by atoms with E-state index in [2.05, 4.69) is 58.0 Å². The van der Waals surface area contributed by atoms with Gasteiger partial charge in [0.2, 0.25) is 5.91 Å². The van der Waals surface area contributed by atoms with E-state index in [0.29, 0.717) is 23.1 Å². The van der Waals surface area contributed by atoms with Gasteiger partial charge in [-0.25, -0.2) is 0 Å². The Bertz CT molecular complexity index is 1500. The van der Waals surface area contributed by atoms with Gasteiger partial charge in [0.15, 0.2) is 5.11 Å². The number of aromatic nitrogens is 2. The molecule has 6 nitrogen and oxygen atoms in total. The molecule has 1 aliphatic heterocycles. The Morgan fingerprint density at radius 3 is 2.62 bits per heavy atom. The van der Waals surface area contributed by atoms with Gasteiger partial charge in [-0.05, 0) is 86.1 Å². The Morgan fingerprint density at radius 1 is 1.08 bits per heavy atom. The zero-order valence-electron chi connectivity index (χ0n) is 22.3. The average molecular weight is 558 g/mol. The molecule has 39 heavy (non-hydrogen) atoms. The first kappa shape index (κ1) is 26.9. The predicted molar refractivity (Wildman–Crippen MR) is 161 cm³/mol. The van der Waals surface area contributed by atoms with Crippen LogP contribution in [0.3, 0.4) is 0 Å². The number of benzene rings is 2. The SMILES string of the molecule is CCc1ccccc1NC(=O)CCN1C(=S)N[C@@H](c2ccccn2)[C@H]1c1cc(C)n(-c2cccc(Cl)c2)c1C. The third kappa shape index (κ3) is 5.56. The van der Waals surface area contributed by atoms with Gasteiger partial charge in [0.25, 0.3) is 0 Å². The Kier molecular flexibility index (Phi) is 8.00. The number of nitrogens with zero attached hydrogens (tertiary/aromatic N) is 3. The second-order valence-corrected chi connectivity index (χ2v) is 10.6. The summed E-state index contributed by atoms with van der Waals surface area (Å²) in [5.74, 6) is -0.0388. The fourth-order valence-electron chi connectivity index (χ4n) is 5.47. The van der Waals surface area contributed by atoms with E-state index in [4.69, 9.17) is 23.8 Å². The third-order valence-electron chi connectivity index (χ3n) is 7.31. The van der Waals surface area contributed by atoms with Gasteiger partial charge in [-0.1, -0.05) is 48.9 Å². The quantitative estimate of drug-likeness (QED) is 0.236. The highest BCUT2D eigenvalue weighted by Crippen LogP contribution is 2.41. The van der Waals surface area contributed by atoms with E-state index in [9.17, 15) is 4.79 Å². The number of rotatable bonds is 8. The van der Waals surface area contributed by atoms with E-state index in [1.807, 2.05) is 60.7 Å². The van der Waals surface area contributed by atoms with Crippen LogP contribution >= 0.6 is 23.8 Å². The van der Waals surface area contributed by atoms with Crippen molar-refractivity contribution in [3.63, 3.8) is 0 Å². The minimum absolute atomic E-state index is 0.0388. The molecule has 2 atom stereocenters. The number of thiocarbonyl (C=S) groups is 1. The first-order chi connectivity index (χ1) is 18.9. The van der Waals surface area contributed by atoms with Gasteiger partial charge in [0, 0.05) is 46.9 Å². The van der Waals surface area contributed by atoms with Crippen molar-refractivity contribution in [1.82, 2.24) is 19.8 Å². The lowest BCUT2D eigenvalue weighted by Gasteiger charge is -2.28. The molecule has 5 rings (SSSR count). The molecule has 200 valence electrons. The van der Waals surface area contributed by atoms with Crippen molar-refractivity contribution in [2.24, 2.45) is 0 Å². The van der Waals surface area contributed by atoms with Gasteiger partial charge in [0.05, 0.1) is 17.8 Å². The van der Waals surface area contributed by atoms with Crippen molar-refractivity contribution in [2.75, 3.05) is 11.9 Å². The topological polar surface area (TPSA) is 62.2 Å². The number of aryl methyl sites for hydroxylation is 2. The Morgan fingerprint density at radius 2 is 1.87 bits per heavy atom. The molecule has 0 unspecified atom stereocenters. The Balaban J connectivity index is 1.47. The first-order valence-electron chi connectivity index (χ1n) is 13.2. The molecule has 0 bridgehead atoms. The summed E-state index contributed by atoms with van der Waals surface area (Å²) in [4.78, 5) is 19.8. The number of amides is 1. The normalized spacial score (nSPS) is 16.8.